The molecule has 0 spiro atoms. The first kappa shape index (κ1) is 18.6. The van der Waals surface area contributed by atoms with Gasteiger partial charge in [0.2, 0.25) is 0 Å². The summed E-state index contributed by atoms with van der Waals surface area (Å²) in [5, 5.41) is 16.8. The van der Waals surface area contributed by atoms with E-state index < -0.39 is 17.9 Å². The fraction of sp³-hybridized carbons (Fsp3) is 0.368. The molecule has 0 aliphatic rings. The highest BCUT2D eigenvalue weighted by atomic mass is 16.4. The van der Waals surface area contributed by atoms with Crippen molar-refractivity contribution in [2.45, 2.75) is 45.7 Å². The Kier molecular flexibility index (Phi) is 5.25. The number of rotatable bonds is 7. The molecular formula is C19H22N4O4. The average Bonchev–Trinajstić information content (AvgIpc) is 3.29. The number of nitrogens with zero attached hydrogens (tertiary/aromatic N) is 3. The number of fused-ring (bicyclic) bond motifs is 1. The summed E-state index contributed by atoms with van der Waals surface area (Å²) in [6.45, 7) is 5.80. The van der Waals surface area contributed by atoms with Crippen LogP contribution in [-0.4, -0.2) is 37.8 Å². The maximum absolute atomic E-state index is 12.9. The lowest BCUT2D eigenvalue weighted by molar-refractivity contribution is -0.139. The molecule has 0 bridgehead atoms. The van der Waals surface area contributed by atoms with Gasteiger partial charge >= 0.3 is 5.97 Å². The predicted octanol–water partition coefficient (Wildman–Crippen LogP) is 3.26. The third-order valence-electron chi connectivity index (χ3n) is 4.25. The molecule has 0 saturated heterocycles. The molecule has 3 heterocycles. The Balaban J connectivity index is 2.10. The fourth-order valence-corrected chi connectivity index (χ4v) is 2.92. The van der Waals surface area contributed by atoms with Crippen molar-refractivity contribution < 1.29 is 19.1 Å². The zero-order valence-electron chi connectivity index (χ0n) is 15.5. The lowest BCUT2D eigenvalue weighted by Crippen LogP contribution is -2.40. The van der Waals surface area contributed by atoms with Crippen LogP contribution in [0.25, 0.3) is 22.5 Å². The minimum absolute atomic E-state index is 0.0459. The fourth-order valence-electron chi connectivity index (χ4n) is 2.92. The topological polar surface area (TPSA) is 110 Å². The molecule has 0 fully saturated rings. The summed E-state index contributed by atoms with van der Waals surface area (Å²) >= 11 is 0. The van der Waals surface area contributed by atoms with Gasteiger partial charge in [-0.3, -0.25) is 4.79 Å². The number of carbonyl (C=O) groups excluding carboxylic acids is 1. The Bertz CT molecular complexity index is 960. The van der Waals surface area contributed by atoms with Crippen LogP contribution >= 0.6 is 0 Å². The minimum Gasteiger partial charge on any atom is -0.480 e. The van der Waals surface area contributed by atoms with Crippen LogP contribution in [0, 0.1) is 0 Å². The molecule has 3 aromatic rings. The normalized spacial score (nSPS) is 12.4. The molecule has 8 nitrogen and oxygen atoms in total. The van der Waals surface area contributed by atoms with Gasteiger partial charge in [0, 0.05) is 6.04 Å². The van der Waals surface area contributed by atoms with Crippen LogP contribution < -0.4 is 5.32 Å². The quantitative estimate of drug-likeness (QED) is 0.660. The molecule has 0 aromatic carbocycles. The summed E-state index contributed by atoms with van der Waals surface area (Å²) in [4.78, 5) is 28.9. The second-order valence-corrected chi connectivity index (χ2v) is 6.61. The molecule has 8 heteroatoms. The molecule has 1 amide bonds. The molecule has 2 N–H and O–H groups in total. The zero-order valence-corrected chi connectivity index (χ0v) is 15.5. The van der Waals surface area contributed by atoms with Gasteiger partial charge in [-0.2, -0.15) is 5.10 Å². The second kappa shape index (κ2) is 7.61. The smallest absolute Gasteiger partial charge is 0.326 e. The Morgan fingerprint density at radius 3 is 2.74 bits per heavy atom. The number of nitrogens with one attached hydrogen (secondary N) is 1. The first-order valence-corrected chi connectivity index (χ1v) is 8.88. The van der Waals surface area contributed by atoms with Gasteiger partial charge in [0.1, 0.15) is 11.7 Å². The van der Waals surface area contributed by atoms with Crippen LogP contribution in [0.3, 0.4) is 0 Å². The summed E-state index contributed by atoms with van der Waals surface area (Å²) in [5.74, 6) is -1.01. The highest BCUT2D eigenvalue weighted by Crippen LogP contribution is 2.26. The zero-order chi connectivity index (χ0) is 19.6. The number of carbonyl (C=O) groups is 2. The number of amides is 1. The first-order chi connectivity index (χ1) is 12.9. The molecule has 0 radical (unpaired) electrons. The van der Waals surface area contributed by atoms with E-state index in [-0.39, 0.29) is 6.04 Å². The SMILES string of the molecule is CCCC(NC(=O)c1cc(-c2ccco2)nc2c1cnn2C(C)C)C(=O)O. The van der Waals surface area contributed by atoms with Gasteiger partial charge in [-0.25, -0.2) is 14.5 Å². The maximum atomic E-state index is 12.9. The molecule has 1 unspecified atom stereocenters. The van der Waals surface area contributed by atoms with E-state index in [4.69, 9.17) is 4.42 Å². The monoisotopic (exact) mass is 370 g/mol. The van der Waals surface area contributed by atoms with Gasteiger partial charge in [-0.05, 0) is 38.5 Å². The first-order valence-electron chi connectivity index (χ1n) is 8.88. The van der Waals surface area contributed by atoms with Crippen LogP contribution in [0.1, 0.15) is 50.0 Å². The van der Waals surface area contributed by atoms with Crippen LogP contribution in [0.2, 0.25) is 0 Å². The number of aliphatic carboxylic acids is 1. The Morgan fingerprint density at radius 1 is 1.37 bits per heavy atom. The molecule has 0 saturated carbocycles. The highest BCUT2D eigenvalue weighted by molar-refractivity contribution is 6.07. The van der Waals surface area contributed by atoms with E-state index in [2.05, 4.69) is 15.4 Å². The van der Waals surface area contributed by atoms with E-state index in [0.29, 0.717) is 40.9 Å². The largest absolute Gasteiger partial charge is 0.480 e. The molecule has 3 aromatic heterocycles. The van der Waals surface area contributed by atoms with Gasteiger partial charge in [-0.1, -0.05) is 13.3 Å². The lowest BCUT2D eigenvalue weighted by Gasteiger charge is -2.14. The van der Waals surface area contributed by atoms with Crippen molar-refractivity contribution in [2.24, 2.45) is 0 Å². The summed E-state index contributed by atoms with van der Waals surface area (Å²) in [5.41, 5.74) is 1.36. The Morgan fingerprint density at radius 2 is 2.15 bits per heavy atom. The number of furan rings is 1. The van der Waals surface area contributed by atoms with Crippen LogP contribution in [0.15, 0.2) is 35.1 Å². The van der Waals surface area contributed by atoms with Crippen LogP contribution in [0.4, 0.5) is 0 Å². The maximum Gasteiger partial charge on any atom is 0.326 e. The van der Waals surface area contributed by atoms with E-state index in [1.54, 1.807) is 29.1 Å². The van der Waals surface area contributed by atoms with Gasteiger partial charge in [0.15, 0.2) is 11.4 Å². The van der Waals surface area contributed by atoms with Gasteiger partial charge in [0.25, 0.3) is 5.91 Å². The van der Waals surface area contributed by atoms with E-state index in [0.717, 1.165) is 0 Å². The number of hydrogen-bond acceptors (Lipinski definition) is 5. The number of aromatic nitrogens is 3. The number of carboxylic acid groups (broad SMARTS) is 1. The van der Waals surface area contributed by atoms with Crippen molar-refractivity contribution in [2.75, 3.05) is 0 Å². The van der Waals surface area contributed by atoms with E-state index >= 15 is 0 Å². The summed E-state index contributed by atoms with van der Waals surface area (Å²) in [6.07, 6.45) is 4.11. The van der Waals surface area contributed by atoms with Crippen molar-refractivity contribution in [1.82, 2.24) is 20.1 Å². The molecule has 3 rings (SSSR count). The second-order valence-electron chi connectivity index (χ2n) is 6.61. The van der Waals surface area contributed by atoms with Gasteiger partial charge in [0.05, 0.1) is 23.4 Å². The predicted molar refractivity (Wildman–Crippen MR) is 99.4 cm³/mol. The van der Waals surface area contributed by atoms with Gasteiger partial charge < -0.3 is 14.8 Å². The van der Waals surface area contributed by atoms with Crippen LogP contribution in [-0.2, 0) is 4.79 Å². The van der Waals surface area contributed by atoms with E-state index in [9.17, 15) is 14.7 Å². The van der Waals surface area contributed by atoms with Gasteiger partial charge in [-0.15, -0.1) is 0 Å². The third-order valence-corrected chi connectivity index (χ3v) is 4.25. The van der Waals surface area contributed by atoms with Crippen molar-refractivity contribution in [1.29, 1.82) is 0 Å². The van der Waals surface area contributed by atoms with Crippen molar-refractivity contribution in [3.8, 4) is 11.5 Å². The molecule has 1 atom stereocenters. The van der Waals surface area contributed by atoms with Crippen molar-refractivity contribution in [3.05, 3.63) is 36.2 Å². The third kappa shape index (κ3) is 3.69. The van der Waals surface area contributed by atoms with Crippen molar-refractivity contribution in [3.63, 3.8) is 0 Å². The van der Waals surface area contributed by atoms with E-state index in [1.807, 2.05) is 20.8 Å². The Hall–Kier alpha value is -3.16. The summed E-state index contributed by atoms with van der Waals surface area (Å²) in [6, 6.07) is 4.20. The molecular weight excluding hydrogens is 348 g/mol. The molecule has 142 valence electrons. The van der Waals surface area contributed by atoms with E-state index in [1.165, 1.54) is 6.26 Å². The molecule has 0 aliphatic carbocycles. The minimum atomic E-state index is -1.06. The number of carboxylic acids is 1. The lowest BCUT2D eigenvalue weighted by atomic mass is 10.1. The standard InChI is InChI=1S/C19H22N4O4/c1-4-6-14(19(25)26)22-18(24)12-9-15(16-7-5-8-27-16)21-17-13(12)10-20-23(17)11(2)3/h5,7-11,14H,4,6H2,1-3H3,(H,22,24)(H,25,26). The molecule has 0 aliphatic heterocycles. The number of hydrogen-bond donors (Lipinski definition) is 2. The molecule has 27 heavy (non-hydrogen) atoms. The highest BCUT2D eigenvalue weighted by Gasteiger charge is 2.23. The number of pyridine rings is 1. The van der Waals surface area contributed by atoms with Crippen molar-refractivity contribution >= 4 is 22.9 Å². The Labute approximate surface area is 156 Å². The summed E-state index contributed by atoms with van der Waals surface area (Å²) in [7, 11) is 0. The van der Waals surface area contributed by atoms with Crippen LogP contribution in [0.5, 0.6) is 0 Å². The average molecular weight is 370 g/mol. The summed E-state index contributed by atoms with van der Waals surface area (Å²) < 4.78 is 7.14.